The smallest absolute Gasteiger partial charge is 0.323 e. The van der Waals surface area contributed by atoms with Crippen LogP contribution in [-0.2, 0) is 11.3 Å². The summed E-state index contributed by atoms with van der Waals surface area (Å²) < 4.78 is 0. The second-order valence-corrected chi connectivity index (χ2v) is 4.15. The number of aliphatic hydroxyl groups is 1. The van der Waals surface area contributed by atoms with Crippen LogP contribution in [0.5, 0.6) is 0 Å². The molecule has 0 radical (unpaired) electrons. The van der Waals surface area contributed by atoms with E-state index in [4.69, 9.17) is 10.2 Å². The Morgan fingerprint density at radius 1 is 1.42 bits per heavy atom. The number of aromatic nitrogens is 2. The predicted octanol–water partition coefficient (Wildman–Crippen LogP) is 0.224. The molecule has 0 saturated carbocycles. The van der Waals surface area contributed by atoms with E-state index in [2.05, 4.69) is 27.5 Å². The molecule has 0 spiro atoms. The van der Waals surface area contributed by atoms with Crippen LogP contribution in [-0.4, -0.2) is 45.3 Å². The first-order chi connectivity index (χ1) is 9.17. The predicted molar refractivity (Wildman–Crippen MR) is 70.8 cm³/mol. The molecule has 7 heteroatoms. The molecule has 0 fully saturated rings. The maximum Gasteiger partial charge on any atom is 0.323 e. The summed E-state index contributed by atoms with van der Waals surface area (Å²) in [4.78, 5) is 18.9. The van der Waals surface area contributed by atoms with Gasteiger partial charge in [-0.3, -0.25) is 10.1 Å². The van der Waals surface area contributed by atoms with Crippen LogP contribution in [0, 0.1) is 0 Å². The van der Waals surface area contributed by atoms with Crippen molar-refractivity contribution in [2.75, 3.05) is 18.5 Å². The standard InChI is InChI=1S/C12H20N4O3/c1-2-3-4-13-12-15-6-9(7-16-12)5-14-10(8-17)11(18)19/h6-7,10,14,17H,2-5,8H2,1H3,(H,18,19)(H,13,15,16)/t10-/m0/s1. The Balaban J connectivity index is 2.41. The fraction of sp³-hybridized carbons (Fsp3) is 0.583. The number of carbonyl (C=O) groups is 1. The number of unbranched alkanes of at least 4 members (excludes halogenated alkanes) is 1. The monoisotopic (exact) mass is 268 g/mol. The Bertz CT molecular complexity index is 383. The second kappa shape index (κ2) is 8.39. The van der Waals surface area contributed by atoms with Crippen LogP contribution in [0.2, 0.25) is 0 Å². The van der Waals surface area contributed by atoms with Crippen molar-refractivity contribution < 1.29 is 15.0 Å². The second-order valence-electron chi connectivity index (χ2n) is 4.15. The van der Waals surface area contributed by atoms with E-state index in [0.29, 0.717) is 12.5 Å². The lowest BCUT2D eigenvalue weighted by Gasteiger charge is -2.11. The van der Waals surface area contributed by atoms with E-state index >= 15 is 0 Å². The molecule has 1 heterocycles. The molecular formula is C12H20N4O3. The van der Waals surface area contributed by atoms with Crippen LogP contribution in [0.25, 0.3) is 0 Å². The van der Waals surface area contributed by atoms with Crippen LogP contribution in [0.4, 0.5) is 5.95 Å². The lowest BCUT2D eigenvalue weighted by atomic mass is 10.3. The molecular weight excluding hydrogens is 248 g/mol. The minimum Gasteiger partial charge on any atom is -0.480 e. The molecule has 4 N–H and O–H groups in total. The zero-order valence-electron chi connectivity index (χ0n) is 11.0. The molecule has 0 aliphatic rings. The van der Waals surface area contributed by atoms with Gasteiger partial charge in [0.1, 0.15) is 6.04 Å². The summed E-state index contributed by atoms with van der Waals surface area (Å²) in [6.07, 6.45) is 5.42. The Morgan fingerprint density at radius 2 is 2.11 bits per heavy atom. The number of aliphatic hydroxyl groups excluding tert-OH is 1. The van der Waals surface area contributed by atoms with Gasteiger partial charge < -0.3 is 15.5 Å². The Kier molecular flexibility index (Phi) is 6.76. The minimum atomic E-state index is -1.08. The number of nitrogens with one attached hydrogen (secondary N) is 2. The van der Waals surface area contributed by atoms with E-state index in [-0.39, 0.29) is 0 Å². The molecule has 19 heavy (non-hydrogen) atoms. The van der Waals surface area contributed by atoms with E-state index in [1.54, 1.807) is 12.4 Å². The Morgan fingerprint density at radius 3 is 2.63 bits per heavy atom. The fourth-order valence-electron chi connectivity index (χ4n) is 1.39. The lowest BCUT2D eigenvalue weighted by molar-refractivity contribution is -0.140. The number of rotatable bonds is 9. The van der Waals surface area contributed by atoms with Gasteiger partial charge in [0.25, 0.3) is 0 Å². The first kappa shape index (κ1) is 15.3. The molecule has 1 atom stereocenters. The van der Waals surface area contributed by atoms with Crippen molar-refractivity contribution in [3.05, 3.63) is 18.0 Å². The van der Waals surface area contributed by atoms with E-state index in [1.807, 2.05) is 0 Å². The topological polar surface area (TPSA) is 107 Å². The van der Waals surface area contributed by atoms with Crippen molar-refractivity contribution in [1.82, 2.24) is 15.3 Å². The summed E-state index contributed by atoms with van der Waals surface area (Å²) in [5, 5.41) is 23.4. The number of hydrogen-bond acceptors (Lipinski definition) is 6. The molecule has 7 nitrogen and oxygen atoms in total. The van der Waals surface area contributed by atoms with Gasteiger partial charge in [-0.2, -0.15) is 0 Å². The first-order valence-electron chi connectivity index (χ1n) is 6.29. The number of nitrogens with zero attached hydrogens (tertiary/aromatic N) is 2. The van der Waals surface area contributed by atoms with Crippen LogP contribution >= 0.6 is 0 Å². The van der Waals surface area contributed by atoms with E-state index < -0.39 is 18.6 Å². The van der Waals surface area contributed by atoms with Crippen molar-refractivity contribution in [2.45, 2.75) is 32.4 Å². The van der Waals surface area contributed by atoms with Crippen LogP contribution in [0.15, 0.2) is 12.4 Å². The van der Waals surface area contributed by atoms with Gasteiger partial charge >= 0.3 is 5.97 Å². The van der Waals surface area contributed by atoms with Gasteiger partial charge in [0.15, 0.2) is 0 Å². The van der Waals surface area contributed by atoms with Crippen molar-refractivity contribution in [2.24, 2.45) is 0 Å². The van der Waals surface area contributed by atoms with E-state index in [0.717, 1.165) is 24.9 Å². The van der Waals surface area contributed by atoms with Gasteiger partial charge in [-0.25, -0.2) is 9.97 Å². The third-order valence-electron chi connectivity index (χ3n) is 2.55. The molecule has 1 rings (SSSR count). The number of carboxylic acids is 1. The minimum absolute atomic E-state index is 0.298. The molecule has 0 aromatic carbocycles. The SMILES string of the molecule is CCCCNc1ncc(CN[C@@H](CO)C(=O)O)cn1. The molecule has 0 saturated heterocycles. The van der Waals surface area contributed by atoms with E-state index in [1.165, 1.54) is 0 Å². The fourth-order valence-corrected chi connectivity index (χ4v) is 1.39. The third-order valence-corrected chi connectivity index (χ3v) is 2.55. The van der Waals surface area contributed by atoms with Gasteiger partial charge in [0.05, 0.1) is 6.61 Å². The van der Waals surface area contributed by atoms with Crippen molar-refractivity contribution in [1.29, 1.82) is 0 Å². The summed E-state index contributed by atoms with van der Waals surface area (Å²) in [7, 11) is 0. The zero-order chi connectivity index (χ0) is 14.1. The molecule has 1 aromatic rings. The van der Waals surface area contributed by atoms with E-state index in [9.17, 15) is 4.79 Å². The maximum atomic E-state index is 10.7. The van der Waals surface area contributed by atoms with Gasteiger partial charge in [-0.05, 0) is 6.42 Å². The number of hydrogen-bond donors (Lipinski definition) is 4. The summed E-state index contributed by atoms with van der Waals surface area (Å²) >= 11 is 0. The number of carboxylic acid groups (broad SMARTS) is 1. The molecule has 0 bridgehead atoms. The summed E-state index contributed by atoms with van der Waals surface area (Å²) in [5.41, 5.74) is 0.765. The van der Waals surface area contributed by atoms with Crippen molar-refractivity contribution in [3.8, 4) is 0 Å². The van der Waals surface area contributed by atoms with Crippen LogP contribution in [0.3, 0.4) is 0 Å². The van der Waals surface area contributed by atoms with Gasteiger partial charge in [0.2, 0.25) is 5.95 Å². The quantitative estimate of drug-likeness (QED) is 0.475. The summed E-state index contributed by atoms with van der Waals surface area (Å²) in [6.45, 7) is 2.79. The summed E-state index contributed by atoms with van der Waals surface area (Å²) in [5.74, 6) is -0.518. The average Bonchev–Trinajstić information content (AvgIpc) is 2.41. The largest absolute Gasteiger partial charge is 0.480 e. The summed E-state index contributed by atoms with van der Waals surface area (Å²) in [6, 6.07) is -0.970. The molecule has 0 aliphatic heterocycles. The molecule has 0 aliphatic carbocycles. The van der Waals surface area contributed by atoms with Gasteiger partial charge in [0, 0.05) is 31.0 Å². The normalized spacial score (nSPS) is 12.1. The highest BCUT2D eigenvalue weighted by atomic mass is 16.4. The van der Waals surface area contributed by atoms with Gasteiger partial charge in [-0.15, -0.1) is 0 Å². The highest BCUT2D eigenvalue weighted by Crippen LogP contribution is 2.01. The number of aliphatic carboxylic acids is 1. The zero-order valence-corrected chi connectivity index (χ0v) is 11.0. The van der Waals surface area contributed by atoms with Crippen LogP contribution < -0.4 is 10.6 Å². The highest BCUT2D eigenvalue weighted by molar-refractivity contribution is 5.73. The molecule has 106 valence electrons. The van der Waals surface area contributed by atoms with Crippen molar-refractivity contribution in [3.63, 3.8) is 0 Å². The lowest BCUT2D eigenvalue weighted by Crippen LogP contribution is -2.39. The van der Waals surface area contributed by atoms with Crippen LogP contribution in [0.1, 0.15) is 25.3 Å². The average molecular weight is 268 g/mol. The number of anilines is 1. The molecule has 1 aromatic heterocycles. The first-order valence-corrected chi connectivity index (χ1v) is 6.29. The third kappa shape index (κ3) is 5.62. The highest BCUT2D eigenvalue weighted by Gasteiger charge is 2.14. The molecule has 0 unspecified atom stereocenters. The Labute approximate surface area is 112 Å². The molecule has 0 amide bonds. The maximum absolute atomic E-state index is 10.7. The van der Waals surface area contributed by atoms with Gasteiger partial charge in [-0.1, -0.05) is 13.3 Å². The Hall–Kier alpha value is -1.73. The van der Waals surface area contributed by atoms with Crippen molar-refractivity contribution >= 4 is 11.9 Å².